The third-order valence-corrected chi connectivity index (χ3v) is 6.22. The summed E-state index contributed by atoms with van der Waals surface area (Å²) in [6.07, 6.45) is 9.19. The van der Waals surface area contributed by atoms with E-state index in [-0.39, 0.29) is 0 Å². The predicted molar refractivity (Wildman–Crippen MR) is 97.9 cm³/mol. The zero-order valence-electron chi connectivity index (χ0n) is 14.0. The van der Waals surface area contributed by atoms with Crippen molar-refractivity contribution in [3.05, 3.63) is 30.6 Å². The summed E-state index contributed by atoms with van der Waals surface area (Å²) in [5, 5.41) is 8.62. The molecule has 4 heterocycles. The molecule has 6 heteroatoms. The number of hydrogen-bond acceptors (Lipinski definition) is 5. The molecule has 0 N–H and O–H groups in total. The zero-order chi connectivity index (χ0) is 16.2. The largest absolute Gasteiger partial charge is 0.300 e. The van der Waals surface area contributed by atoms with Crippen LogP contribution in [0.2, 0.25) is 0 Å². The van der Waals surface area contributed by atoms with Crippen molar-refractivity contribution in [1.82, 2.24) is 24.9 Å². The molecule has 1 unspecified atom stereocenters. The Bertz CT molecular complexity index is 638. The Morgan fingerprint density at radius 3 is 2.88 bits per heavy atom. The Hall–Kier alpha value is -1.40. The molecule has 2 aliphatic heterocycles. The molecular formula is C18H25N5S. The minimum absolute atomic E-state index is 0.687. The van der Waals surface area contributed by atoms with Gasteiger partial charge in [-0.3, -0.25) is 14.6 Å². The first-order chi connectivity index (χ1) is 11.9. The van der Waals surface area contributed by atoms with Crippen molar-refractivity contribution < 1.29 is 0 Å². The Morgan fingerprint density at radius 2 is 2.04 bits per heavy atom. The van der Waals surface area contributed by atoms with E-state index in [0.717, 1.165) is 24.0 Å². The summed E-state index contributed by atoms with van der Waals surface area (Å²) < 4.78 is 2.01. The third-order valence-electron chi connectivity index (χ3n) is 5.17. The second-order valence-corrected chi connectivity index (χ2v) is 8.11. The van der Waals surface area contributed by atoms with Crippen LogP contribution in [-0.2, 0) is 6.54 Å². The molecule has 0 spiro atoms. The van der Waals surface area contributed by atoms with Gasteiger partial charge in [0.05, 0.1) is 11.9 Å². The number of thioether (sulfide) groups is 1. The number of nitrogens with zero attached hydrogens (tertiary/aromatic N) is 5. The highest BCUT2D eigenvalue weighted by Gasteiger charge is 2.27. The van der Waals surface area contributed by atoms with Gasteiger partial charge in [0.15, 0.2) is 0 Å². The molecule has 0 radical (unpaired) electrons. The van der Waals surface area contributed by atoms with E-state index in [0.29, 0.717) is 5.92 Å². The van der Waals surface area contributed by atoms with E-state index in [2.05, 4.69) is 32.0 Å². The standard InChI is InChI=1S/C18H25N5S/c1-2-8-19-17(5-1)18-14-23(21-20-18)13-15-4-3-9-22(12-15)16-6-10-24-11-7-16/h1-2,5,8,14-16H,3-4,6-7,9-13H2. The van der Waals surface area contributed by atoms with Gasteiger partial charge in [0.1, 0.15) is 5.69 Å². The molecular weight excluding hydrogens is 318 g/mol. The number of rotatable bonds is 4. The first-order valence-corrected chi connectivity index (χ1v) is 10.2. The summed E-state index contributed by atoms with van der Waals surface area (Å²) in [5.41, 5.74) is 1.77. The average molecular weight is 344 g/mol. The van der Waals surface area contributed by atoms with Gasteiger partial charge in [-0.05, 0) is 61.8 Å². The lowest BCUT2D eigenvalue weighted by atomic mass is 9.95. The summed E-state index contributed by atoms with van der Waals surface area (Å²) >= 11 is 2.11. The van der Waals surface area contributed by atoms with Gasteiger partial charge in [-0.2, -0.15) is 11.8 Å². The fourth-order valence-electron chi connectivity index (χ4n) is 3.91. The molecule has 0 aromatic carbocycles. The highest BCUT2D eigenvalue weighted by molar-refractivity contribution is 7.99. The quantitative estimate of drug-likeness (QED) is 0.854. The molecule has 2 aromatic rings. The molecule has 4 rings (SSSR count). The van der Waals surface area contributed by atoms with E-state index < -0.39 is 0 Å². The Morgan fingerprint density at radius 1 is 1.12 bits per heavy atom. The van der Waals surface area contributed by atoms with Gasteiger partial charge in [0.2, 0.25) is 0 Å². The van der Waals surface area contributed by atoms with Gasteiger partial charge >= 0.3 is 0 Å². The van der Waals surface area contributed by atoms with Crippen LogP contribution >= 0.6 is 11.8 Å². The molecule has 0 amide bonds. The lowest BCUT2D eigenvalue weighted by molar-refractivity contribution is 0.107. The van der Waals surface area contributed by atoms with Crippen LogP contribution in [0.4, 0.5) is 0 Å². The Balaban J connectivity index is 1.37. The van der Waals surface area contributed by atoms with Gasteiger partial charge in [-0.25, -0.2) is 0 Å². The highest BCUT2D eigenvalue weighted by atomic mass is 32.2. The molecule has 0 bridgehead atoms. The molecule has 2 aromatic heterocycles. The van der Waals surface area contributed by atoms with Gasteiger partial charge in [0, 0.05) is 25.3 Å². The smallest absolute Gasteiger partial charge is 0.131 e. The van der Waals surface area contributed by atoms with Crippen LogP contribution in [0.5, 0.6) is 0 Å². The SMILES string of the molecule is c1ccc(-c2cn(CC3CCCN(C4CCSCC4)C3)nn2)nc1. The summed E-state index contributed by atoms with van der Waals surface area (Å²) in [5.74, 6) is 3.36. The maximum Gasteiger partial charge on any atom is 0.131 e. The van der Waals surface area contributed by atoms with Crippen LogP contribution in [0.25, 0.3) is 11.4 Å². The predicted octanol–water partition coefficient (Wildman–Crippen LogP) is 2.95. The second-order valence-electron chi connectivity index (χ2n) is 6.89. The topological polar surface area (TPSA) is 46.8 Å². The van der Waals surface area contributed by atoms with Crippen LogP contribution in [0.1, 0.15) is 25.7 Å². The zero-order valence-corrected chi connectivity index (χ0v) is 14.9. The van der Waals surface area contributed by atoms with Crippen LogP contribution in [-0.4, -0.2) is 55.5 Å². The van der Waals surface area contributed by atoms with E-state index in [1.165, 1.54) is 50.3 Å². The lowest BCUT2D eigenvalue weighted by Gasteiger charge is -2.39. The monoisotopic (exact) mass is 343 g/mol. The van der Waals surface area contributed by atoms with Gasteiger partial charge in [-0.15, -0.1) is 5.10 Å². The van der Waals surface area contributed by atoms with Crippen LogP contribution in [0.15, 0.2) is 30.6 Å². The van der Waals surface area contributed by atoms with Crippen molar-refractivity contribution in [1.29, 1.82) is 0 Å². The number of hydrogen-bond donors (Lipinski definition) is 0. The molecule has 0 aliphatic carbocycles. The van der Waals surface area contributed by atoms with Crippen molar-refractivity contribution in [2.24, 2.45) is 5.92 Å². The lowest BCUT2D eigenvalue weighted by Crippen LogP contribution is -2.45. The van der Waals surface area contributed by atoms with Crippen molar-refractivity contribution in [2.45, 2.75) is 38.3 Å². The Kier molecular flexibility index (Phi) is 5.13. The minimum Gasteiger partial charge on any atom is -0.300 e. The summed E-state index contributed by atoms with van der Waals surface area (Å²) in [4.78, 5) is 7.10. The summed E-state index contributed by atoms with van der Waals surface area (Å²) in [7, 11) is 0. The highest BCUT2D eigenvalue weighted by Crippen LogP contribution is 2.27. The maximum absolute atomic E-state index is 4.36. The molecule has 24 heavy (non-hydrogen) atoms. The molecule has 2 saturated heterocycles. The van der Waals surface area contributed by atoms with Crippen LogP contribution in [0, 0.1) is 5.92 Å². The van der Waals surface area contributed by atoms with E-state index >= 15 is 0 Å². The van der Waals surface area contributed by atoms with Crippen LogP contribution < -0.4 is 0 Å². The second kappa shape index (κ2) is 7.66. The number of likely N-dealkylation sites (tertiary alicyclic amines) is 1. The van der Waals surface area contributed by atoms with Gasteiger partial charge in [0.25, 0.3) is 0 Å². The summed E-state index contributed by atoms with van der Waals surface area (Å²) in [6, 6.07) is 6.71. The Labute approximate surface area is 147 Å². The number of aromatic nitrogens is 4. The minimum atomic E-state index is 0.687. The van der Waals surface area contributed by atoms with Crippen molar-refractivity contribution >= 4 is 11.8 Å². The van der Waals surface area contributed by atoms with Gasteiger partial charge in [-0.1, -0.05) is 11.3 Å². The van der Waals surface area contributed by atoms with Crippen molar-refractivity contribution in [3.63, 3.8) is 0 Å². The van der Waals surface area contributed by atoms with E-state index in [1.54, 1.807) is 6.20 Å². The molecule has 128 valence electrons. The molecule has 2 aliphatic rings. The molecule has 2 fully saturated rings. The van der Waals surface area contributed by atoms with E-state index in [9.17, 15) is 0 Å². The average Bonchev–Trinajstić information content (AvgIpc) is 3.12. The third kappa shape index (κ3) is 3.81. The van der Waals surface area contributed by atoms with Crippen molar-refractivity contribution in [2.75, 3.05) is 24.6 Å². The van der Waals surface area contributed by atoms with Crippen molar-refractivity contribution in [3.8, 4) is 11.4 Å². The molecule has 0 saturated carbocycles. The first kappa shape index (κ1) is 16.1. The molecule has 1 atom stereocenters. The fraction of sp³-hybridized carbons (Fsp3) is 0.611. The molecule has 5 nitrogen and oxygen atoms in total. The van der Waals surface area contributed by atoms with E-state index in [4.69, 9.17) is 0 Å². The normalized spacial score (nSPS) is 23.4. The maximum atomic E-state index is 4.36. The van der Waals surface area contributed by atoms with E-state index in [1.807, 2.05) is 29.1 Å². The summed E-state index contributed by atoms with van der Waals surface area (Å²) in [6.45, 7) is 3.47. The van der Waals surface area contributed by atoms with Gasteiger partial charge < -0.3 is 0 Å². The van der Waals surface area contributed by atoms with Crippen LogP contribution in [0.3, 0.4) is 0 Å². The number of piperidine rings is 1. The number of pyridine rings is 1. The fourth-order valence-corrected chi connectivity index (χ4v) is 4.99. The first-order valence-electron chi connectivity index (χ1n) is 9.02.